The lowest BCUT2D eigenvalue weighted by atomic mass is 9.98. The Bertz CT molecular complexity index is 289. The molecule has 1 fully saturated rings. The molecular weight excluding hydrogens is 270 g/mol. The molecule has 1 rings (SSSR count). The van der Waals surface area contributed by atoms with Crippen LogP contribution in [0.25, 0.3) is 0 Å². The van der Waals surface area contributed by atoms with Gasteiger partial charge in [0.2, 0.25) is 10.0 Å². The molecule has 0 amide bonds. The quantitative estimate of drug-likeness (QED) is 0.767. The van der Waals surface area contributed by atoms with E-state index in [9.17, 15) is 13.5 Å². The van der Waals surface area contributed by atoms with E-state index in [1.807, 2.05) is 0 Å². The summed E-state index contributed by atoms with van der Waals surface area (Å²) >= 11 is 2.97. The van der Waals surface area contributed by atoms with Crippen LogP contribution in [0.15, 0.2) is 0 Å². The van der Waals surface area contributed by atoms with Crippen LogP contribution in [0.4, 0.5) is 0 Å². The molecule has 1 atom stereocenters. The highest BCUT2D eigenvalue weighted by Crippen LogP contribution is 2.23. The molecule has 0 aromatic carbocycles. The van der Waals surface area contributed by atoms with Crippen LogP contribution in [0.5, 0.6) is 0 Å². The zero-order valence-electron chi connectivity index (χ0n) is 8.24. The standard InChI is InChI=1S/C8H16BrNO3S/c1-8(11)3-2-5-10(6-4-8)14(12,13)7-9/h11H,2-7H2,1H3. The van der Waals surface area contributed by atoms with Crippen LogP contribution in [0.2, 0.25) is 0 Å². The lowest BCUT2D eigenvalue weighted by Gasteiger charge is -2.21. The molecule has 0 aromatic rings. The minimum atomic E-state index is -3.16. The number of alkyl halides is 1. The van der Waals surface area contributed by atoms with E-state index in [1.54, 1.807) is 6.92 Å². The Balaban J connectivity index is 2.68. The number of aliphatic hydroxyl groups is 1. The minimum Gasteiger partial charge on any atom is -0.390 e. The summed E-state index contributed by atoms with van der Waals surface area (Å²) in [6.45, 7) is 2.70. The SMILES string of the molecule is CC1(O)CCCN(S(=O)(=O)CBr)CC1. The largest absolute Gasteiger partial charge is 0.390 e. The monoisotopic (exact) mass is 285 g/mol. The molecule has 1 aliphatic heterocycles. The van der Waals surface area contributed by atoms with E-state index in [1.165, 1.54) is 4.31 Å². The minimum absolute atomic E-state index is 0.0395. The summed E-state index contributed by atoms with van der Waals surface area (Å²) in [7, 11) is -3.16. The van der Waals surface area contributed by atoms with Crippen LogP contribution in [0.3, 0.4) is 0 Å². The van der Waals surface area contributed by atoms with E-state index in [2.05, 4.69) is 15.9 Å². The van der Waals surface area contributed by atoms with Gasteiger partial charge in [-0.25, -0.2) is 12.7 Å². The first kappa shape index (κ1) is 12.4. The summed E-state index contributed by atoms with van der Waals surface area (Å²) in [5, 5.41) is 9.78. The second kappa shape index (κ2) is 4.47. The van der Waals surface area contributed by atoms with E-state index in [-0.39, 0.29) is 4.66 Å². The predicted octanol–water partition coefficient (Wildman–Crippen LogP) is 0.906. The summed E-state index contributed by atoms with van der Waals surface area (Å²) in [6, 6.07) is 0. The summed E-state index contributed by atoms with van der Waals surface area (Å²) in [4.78, 5) is 0. The fraction of sp³-hybridized carbons (Fsp3) is 1.00. The Morgan fingerprint density at radius 3 is 2.64 bits per heavy atom. The summed E-state index contributed by atoms with van der Waals surface area (Å²) in [6.07, 6.45) is 1.90. The highest BCUT2D eigenvalue weighted by Gasteiger charge is 2.29. The van der Waals surface area contributed by atoms with Gasteiger partial charge < -0.3 is 5.11 Å². The van der Waals surface area contributed by atoms with E-state index in [4.69, 9.17) is 0 Å². The van der Waals surface area contributed by atoms with Crippen LogP contribution in [-0.4, -0.2) is 41.2 Å². The third-order valence-corrected chi connectivity index (χ3v) is 5.72. The predicted molar refractivity (Wildman–Crippen MR) is 58.8 cm³/mol. The summed E-state index contributed by atoms with van der Waals surface area (Å²) < 4.78 is 24.4. The fourth-order valence-corrected chi connectivity index (χ4v) is 3.37. The maximum Gasteiger partial charge on any atom is 0.224 e. The van der Waals surface area contributed by atoms with E-state index < -0.39 is 15.6 Å². The second-order valence-corrected chi connectivity index (χ2v) is 7.24. The first-order chi connectivity index (χ1) is 6.37. The number of nitrogens with zero attached hydrogens (tertiary/aromatic N) is 1. The molecule has 1 heterocycles. The number of rotatable bonds is 2. The van der Waals surface area contributed by atoms with Gasteiger partial charge in [-0.15, -0.1) is 0 Å². The molecule has 0 saturated carbocycles. The van der Waals surface area contributed by atoms with Crippen molar-refractivity contribution in [2.45, 2.75) is 31.8 Å². The van der Waals surface area contributed by atoms with Crippen LogP contribution in [0, 0.1) is 0 Å². The van der Waals surface area contributed by atoms with E-state index in [0.29, 0.717) is 25.9 Å². The molecule has 0 bridgehead atoms. The van der Waals surface area contributed by atoms with Crippen LogP contribution < -0.4 is 0 Å². The van der Waals surface area contributed by atoms with Gasteiger partial charge in [0.25, 0.3) is 0 Å². The lowest BCUT2D eigenvalue weighted by molar-refractivity contribution is 0.0465. The van der Waals surface area contributed by atoms with E-state index >= 15 is 0 Å². The zero-order valence-corrected chi connectivity index (χ0v) is 10.6. The fourth-order valence-electron chi connectivity index (χ4n) is 1.59. The summed E-state index contributed by atoms with van der Waals surface area (Å²) in [5.41, 5.74) is -0.712. The van der Waals surface area contributed by atoms with Crippen molar-refractivity contribution in [2.75, 3.05) is 17.8 Å². The first-order valence-corrected chi connectivity index (χ1v) is 7.37. The number of halogens is 1. The Morgan fingerprint density at radius 1 is 1.43 bits per heavy atom. The van der Waals surface area contributed by atoms with Gasteiger partial charge in [0.1, 0.15) is 4.66 Å². The van der Waals surface area contributed by atoms with Gasteiger partial charge in [-0.05, 0) is 26.2 Å². The first-order valence-electron chi connectivity index (χ1n) is 4.64. The molecule has 14 heavy (non-hydrogen) atoms. The van der Waals surface area contributed by atoms with Crippen molar-refractivity contribution in [3.63, 3.8) is 0 Å². The molecule has 84 valence electrons. The van der Waals surface area contributed by atoms with Gasteiger partial charge in [-0.2, -0.15) is 0 Å². The Hall–Kier alpha value is 0.350. The van der Waals surface area contributed by atoms with Crippen molar-refractivity contribution in [1.29, 1.82) is 0 Å². The highest BCUT2D eigenvalue weighted by molar-refractivity contribution is 9.10. The van der Waals surface area contributed by atoms with Crippen molar-refractivity contribution >= 4 is 26.0 Å². The zero-order chi connectivity index (χ0) is 10.8. The molecule has 1 N–H and O–H groups in total. The van der Waals surface area contributed by atoms with Gasteiger partial charge in [0, 0.05) is 13.1 Å². The van der Waals surface area contributed by atoms with Crippen molar-refractivity contribution in [3.05, 3.63) is 0 Å². The number of hydrogen-bond donors (Lipinski definition) is 1. The van der Waals surface area contributed by atoms with Crippen molar-refractivity contribution in [2.24, 2.45) is 0 Å². The molecule has 4 nitrogen and oxygen atoms in total. The van der Waals surface area contributed by atoms with Gasteiger partial charge in [-0.3, -0.25) is 0 Å². The Morgan fingerprint density at radius 2 is 2.07 bits per heavy atom. The maximum absolute atomic E-state index is 11.5. The molecule has 0 spiro atoms. The third kappa shape index (κ3) is 3.18. The molecule has 1 unspecified atom stereocenters. The highest BCUT2D eigenvalue weighted by atomic mass is 79.9. The number of sulfonamides is 1. The van der Waals surface area contributed by atoms with Crippen molar-refractivity contribution in [3.8, 4) is 0 Å². The lowest BCUT2D eigenvalue weighted by Crippen LogP contribution is -2.34. The number of hydrogen-bond acceptors (Lipinski definition) is 3. The molecule has 1 aliphatic rings. The maximum atomic E-state index is 11.5. The average molecular weight is 286 g/mol. The second-order valence-electron chi connectivity index (χ2n) is 3.97. The Labute approximate surface area is 93.5 Å². The molecule has 6 heteroatoms. The van der Waals surface area contributed by atoms with E-state index in [0.717, 1.165) is 6.42 Å². The van der Waals surface area contributed by atoms with Crippen LogP contribution >= 0.6 is 15.9 Å². The van der Waals surface area contributed by atoms with Crippen molar-refractivity contribution in [1.82, 2.24) is 4.31 Å². The summed E-state index contributed by atoms with van der Waals surface area (Å²) in [5.74, 6) is 0. The molecular formula is C8H16BrNO3S. The van der Waals surface area contributed by atoms with Gasteiger partial charge >= 0.3 is 0 Å². The topological polar surface area (TPSA) is 57.6 Å². The molecule has 1 saturated heterocycles. The third-order valence-electron chi connectivity index (χ3n) is 2.55. The van der Waals surface area contributed by atoms with Crippen molar-refractivity contribution < 1.29 is 13.5 Å². The normalized spacial score (nSPS) is 31.4. The molecule has 0 aliphatic carbocycles. The van der Waals surface area contributed by atoms with Crippen LogP contribution in [-0.2, 0) is 10.0 Å². The van der Waals surface area contributed by atoms with Crippen LogP contribution in [0.1, 0.15) is 26.2 Å². The van der Waals surface area contributed by atoms with Gasteiger partial charge in [0.15, 0.2) is 0 Å². The Kier molecular flexibility index (Phi) is 3.96. The smallest absolute Gasteiger partial charge is 0.224 e. The molecule has 0 radical (unpaired) electrons. The average Bonchev–Trinajstić information content (AvgIpc) is 2.26. The van der Waals surface area contributed by atoms with Gasteiger partial charge in [-0.1, -0.05) is 15.9 Å². The van der Waals surface area contributed by atoms with Gasteiger partial charge in [0.05, 0.1) is 5.60 Å². The molecule has 0 aromatic heterocycles.